The van der Waals surface area contributed by atoms with Gasteiger partial charge in [-0.1, -0.05) is 46.6 Å². The Kier molecular flexibility index (Phi) is 5.73. The summed E-state index contributed by atoms with van der Waals surface area (Å²) < 4.78 is 5.29. The first kappa shape index (κ1) is 18.2. The van der Waals surface area contributed by atoms with E-state index in [-0.39, 0.29) is 5.91 Å². The molecule has 0 atom stereocenters. The van der Waals surface area contributed by atoms with Crippen LogP contribution in [-0.4, -0.2) is 33.7 Å². The monoisotopic (exact) mass is 367 g/mol. The number of hydrogen-bond donors (Lipinski definition) is 0. The fourth-order valence-corrected chi connectivity index (χ4v) is 3.24. The van der Waals surface area contributed by atoms with Gasteiger partial charge in [0.05, 0.1) is 12.3 Å². The largest absolute Gasteiger partial charge is 0.337 e. The summed E-state index contributed by atoms with van der Waals surface area (Å²) in [6.07, 6.45) is 0. The molecule has 0 saturated heterocycles. The van der Waals surface area contributed by atoms with Crippen LogP contribution in [0.4, 0.5) is 0 Å². The average molecular weight is 367 g/mol. The number of thioether (sulfide) groups is 1. The summed E-state index contributed by atoms with van der Waals surface area (Å²) in [5, 5.41) is 4.01. The smallest absolute Gasteiger partial charge is 0.246 e. The van der Waals surface area contributed by atoms with E-state index in [4.69, 9.17) is 4.52 Å². The van der Waals surface area contributed by atoms with Crippen LogP contribution in [0.25, 0.3) is 11.4 Å². The number of nitrogens with zero attached hydrogens (tertiary/aromatic N) is 3. The molecule has 0 N–H and O–H groups in total. The Labute approximate surface area is 157 Å². The molecule has 1 amide bonds. The van der Waals surface area contributed by atoms with Crippen LogP contribution in [0.3, 0.4) is 0 Å². The Morgan fingerprint density at radius 1 is 1.12 bits per heavy atom. The number of amides is 1. The second-order valence-corrected chi connectivity index (χ2v) is 7.28. The third-order valence-corrected chi connectivity index (χ3v) is 4.92. The fraction of sp³-hybridized carbons (Fsp3) is 0.250. The molecule has 0 saturated carbocycles. The van der Waals surface area contributed by atoms with Crippen LogP contribution in [0.15, 0.2) is 57.9 Å². The number of aryl methyl sites for hydroxylation is 2. The summed E-state index contributed by atoms with van der Waals surface area (Å²) in [6.45, 7) is 4.36. The number of hydrogen-bond acceptors (Lipinski definition) is 5. The van der Waals surface area contributed by atoms with Gasteiger partial charge in [0.15, 0.2) is 0 Å². The van der Waals surface area contributed by atoms with Gasteiger partial charge in [-0.05, 0) is 32.0 Å². The minimum Gasteiger partial charge on any atom is -0.337 e. The van der Waals surface area contributed by atoms with E-state index in [0.29, 0.717) is 24.0 Å². The molecule has 0 radical (unpaired) electrons. The van der Waals surface area contributed by atoms with Gasteiger partial charge in [-0.15, -0.1) is 11.8 Å². The lowest BCUT2D eigenvalue weighted by Gasteiger charge is -2.14. The minimum absolute atomic E-state index is 0.0193. The van der Waals surface area contributed by atoms with E-state index in [1.807, 2.05) is 62.4 Å². The molecule has 3 rings (SSSR count). The molecule has 5 nitrogen and oxygen atoms in total. The van der Waals surface area contributed by atoms with Gasteiger partial charge in [0.25, 0.3) is 0 Å². The molecule has 0 bridgehead atoms. The van der Waals surface area contributed by atoms with Crippen molar-refractivity contribution in [1.82, 2.24) is 15.0 Å². The SMILES string of the molecule is Cc1ccc(SCC(=O)N(C)Cc2nc(-c3cccc(C)c3)no2)cc1. The Morgan fingerprint density at radius 2 is 1.88 bits per heavy atom. The van der Waals surface area contributed by atoms with Gasteiger partial charge in [0.1, 0.15) is 0 Å². The predicted molar refractivity (Wildman–Crippen MR) is 103 cm³/mol. The van der Waals surface area contributed by atoms with E-state index in [1.54, 1.807) is 11.9 Å². The highest BCUT2D eigenvalue weighted by molar-refractivity contribution is 8.00. The second-order valence-electron chi connectivity index (χ2n) is 6.23. The zero-order valence-corrected chi connectivity index (χ0v) is 15.9. The van der Waals surface area contributed by atoms with Gasteiger partial charge >= 0.3 is 0 Å². The lowest BCUT2D eigenvalue weighted by atomic mass is 10.1. The maximum atomic E-state index is 12.3. The molecular weight excluding hydrogens is 346 g/mol. The normalized spacial score (nSPS) is 10.7. The van der Waals surface area contributed by atoms with Crippen LogP contribution in [0.2, 0.25) is 0 Å². The predicted octanol–water partition coefficient (Wildman–Crippen LogP) is 4.10. The summed E-state index contributed by atoms with van der Waals surface area (Å²) in [6, 6.07) is 16.1. The molecule has 1 heterocycles. The Morgan fingerprint density at radius 3 is 2.62 bits per heavy atom. The standard InChI is InChI=1S/C20H21N3O2S/c1-14-7-9-17(10-8-14)26-13-19(24)23(3)12-18-21-20(22-25-18)16-6-4-5-15(2)11-16/h4-11H,12-13H2,1-3H3. The molecule has 134 valence electrons. The summed E-state index contributed by atoms with van der Waals surface area (Å²) >= 11 is 1.52. The minimum atomic E-state index is 0.0193. The summed E-state index contributed by atoms with van der Waals surface area (Å²) in [5.41, 5.74) is 3.25. The van der Waals surface area contributed by atoms with Gasteiger partial charge < -0.3 is 9.42 Å². The zero-order valence-electron chi connectivity index (χ0n) is 15.1. The summed E-state index contributed by atoms with van der Waals surface area (Å²) in [4.78, 5) is 19.4. The van der Waals surface area contributed by atoms with E-state index in [2.05, 4.69) is 10.1 Å². The lowest BCUT2D eigenvalue weighted by Crippen LogP contribution is -2.27. The topological polar surface area (TPSA) is 59.2 Å². The Hall–Kier alpha value is -2.60. The van der Waals surface area contributed by atoms with Crippen molar-refractivity contribution in [3.8, 4) is 11.4 Å². The van der Waals surface area contributed by atoms with Crippen LogP contribution in [0.1, 0.15) is 17.0 Å². The van der Waals surface area contributed by atoms with Crippen LogP contribution < -0.4 is 0 Å². The van der Waals surface area contributed by atoms with E-state index < -0.39 is 0 Å². The van der Waals surface area contributed by atoms with Crippen LogP contribution in [0, 0.1) is 13.8 Å². The maximum absolute atomic E-state index is 12.3. The molecule has 6 heteroatoms. The van der Waals surface area contributed by atoms with Crippen LogP contribution >= 0.6 is 11.8 Å². The first-order valence-corrected chi connectivity index (χ1v) is 9.33. The molecule has 0 spiro atoms. The van der Waals surface area contributed by atoms with Crippen molar-refractivity contribution in [3.05, 3.63) is 65.5 Å². The highest BCUT2D eigenvalue weighted by Gasteiger charge is 2.15. The van der Waals surface area contributed by atoms with Crippen molar-refractivity contribution in [2.45, 2.75) is 25.3 Å². The first-order chi connectivity index (χ1) is 12.5. The summed E-state index contributed by atoms with van der Waals surface area (Å²) in [7, 11) is 1.74. The van der Waals surface area contributed by atoms with Crippen LogP contribution in [-0.2, 0) is 11.3 Å². The van der Waals surface area contributed by atoms with Crippen LogP contribution in [0.5, 0.6) is 0 Å². The number of aromatic nitrogens is 2. The number of benzene rings is 2. The molecule has 0 fully saturated rings. The molecule has 3 aromatic rings. The highest BCUT2D eigenvalue weighted by Crippen LogP contribution is 2.20. The van der Waals surface area contributed by atoms with Crippen molar-refractivity contribution in [2.75, 3.05) is 12.8 Å². The Balaban J connectivity index is 1.56. The van der Waals surface area contributed by atoms with Crippen molar-refractivity contribution in [1.29, 1.82) is 0 Å². The van der Waals surface area contributed by atoms with E-state index in [1.165, 1.54) is 17.3 Å². The molecule has 0 unspecified atom stereocenters. The van der Waals surface area contributed by atoms with Gasteiger partial charge in [-0.3, -0.25) is 4.79 Å². The third-order valence-electron chi connectivity index (χ3n) is 3.93. The maximum Gasteiger partial charge on any atom is 0.246 e. The van der Waals surface area contributed by atoms with Gasteiger partial charge in [0, 0.05) is 17.5 Å². The van der Waals surface area contributed by atoms with E-state index >= 15 is 0 Å². The number of rotatable bonds is 6. The lowest BCUT2D eigenvalue weighted by molar-refractivity contribution is -0.127. The number of carbonyl (C=O) groups is 1. The van der Waals surface area contributed by atoms with Gasteiger partial charge in [-0.25, -0.2) is 0 Å². The van der Waals surface area contributed by atoms with Gasteiger partial charge in [0.2, 0.25) is 17.6 Å². The molecule has 26 heavy (non-hydrogen) atoms. The average Bonchev–Trinajstić information content (AvgIpc) is 3.09. The van der Waals surface area contributed by atoms with Crippen molar-refractivity contribution < 1.29 is 9.32 Å². The molecular formula is C20H21N3O2S. The van der Waals surface area contributed by atoms with Crippen molar-refractivity contribution in [2.24, 2.45) is 0 Å². The zero-order chi connectivity index (χ0) is 18.5. The summed E-state index contributed by atoms with van der Waals surface area (Å²) in [5.74, 6) is 1.36. The number of carbonyl (C=O) groups excluding carboxylic acids is 1. The first-order valence-electron chi connectivity index (χ1n) is 8.34. The van der Waals surface area contributed by atoms with Crippen molar-refractivity contribution in [3.63, 3.8) is 0 Å². The molecule has 0 aliphatic carbocycles. The van der Waals surface area contributed by atoms with E-state index in [9.17, 15) is 4.79 Å². The fourth-order valence-electron chi connectivity index (χ4n) is 2.40. The Bertz CT molecular complexity index is 890. The molecule has 0 aliphatic heterocycles. The van der Waals surface area contributed by atoms with Crippen molar-refractivity contribution >= 4 is 17.7 Å². The second kappa shape index (κ2) is 8.19. The quantitative estimate of drug-likeness (QED) is 0.614. The van der Waals surface area contributed by atoms with Gasteiger partial charge in [-0.2, -0.15) is 4.98 Å². The highest BCUT2D eigenvalue weighted by atomic mass is 32.2. The molecule has 2 aromatic carbocycles. The molecule has 0 aliphatic rings. The molecule has 1 aromatic heterocycles. The van der Waals surface area contributed by atoms with E-state index in [0.717, 1.165) is 16.0 Å². The third kappa shape index (κ3) is 4.73.